The topological polar surface area (TPSA) is 84.9 Å². The van der Waals surface area contributed by atoms with Gasteiger partial charge in [0.15, 0.2) is 11.5 Å². The molecule has 0 aromatic heterocycles. The van der Waals surface area contributed by atoms with Gasteiger partial charge in [-0.05, 0) is 31.5 Å². The molecule has 0 unspecified atom stereocenters. The van der Waals surface area contributed by atoms with Gasteiger partial charge in [0.1, 0.15) is 6.54 Å². The molecule has 0 spiro atoms. The van der Waals surface area contributed by atoms with E-state index >= 15 is 0 Å². The molecule has 1 aromatic rings. The average molecular weight is 360 g/mol. The maximum absolute atomic E-state index is 11.7. The van der Waals surface area contributed by atoms with Crippen LogP contribution in [-0.4, -0.2) is 36.7 Å². The number of hydrogen-bond donors (Lipinski definition) is 2. The van der Waals surface area contributed by atoms with Gasteiger partial charge in [0, 0.05) is 4.47 Å². The van der Waals surface area contributed by atoms with Crippen molar-refractivity contribution in [3.63, 3.8) is 0 Å². The van der Waals surface area contributed by atoms with Crippen molar-refractivity contribution in [3.8, 4) is 11.5 Å². The van der Waals surface area contributed by atoms with E-state index < -0.39 is 12.5 Å². The molecule has 0 heterocycles. The highest BCUT2D eigenvalue weighted by molar-refractivity contribution is 9.10. The number of carboxylic acids is 1. The van der Waals surface area contributed by atoms with E-state index in [0.29, 0.717) is 34.7 Å². The second-order valence-electron chi connectivity index (χ2n) is 4.10. The lowest BCUT2D eigenvalue weighted by molar-refractivity contribution is -0.137. The number of aliphatic carboxylic acids is 1. The number of amides is 1. The fourth-order valence-corrected chi connectivity index (χ4v) is 2.12. The van der Waals surface area contributed by atoms with Crippen LogP contribution in [0.5, 0.6) is 11.5 Å². The average Bonchev–Trinajstić information content (AvgIpc) is 2.42. The van der Waals surface area contributed by atoms with E-state index in [1.807, 2.05) is 13.8 Å². The van der Waals surface area contributed by atoms with Crippen molar-refractivity contribution in [1.29, 1.82) is 0 Å². The van der Waals surface area contributed by atoms with E-state index in [2.05, 4.69) is 21.2 Å². The smallest absolute Gasteiger partial charge is 0.322 e. The molecule has 2 N–H and O–H groups in total. The summed E-state index contributed by atoms with van der Waals surface area (Å²) >= 11 is 3.38. The fourth-order valence-electron chi connectivity index (χ4n) is 1.66. The number of rotatable bonds is 8. The Morgan fingerprint density at radius 3 is 2.29 bits per heavy atom. The fraction of sp³-hybridized carbons (Fsp3) is 0.429. The Bertz CT molecular complexity index is 518. The second kappa shape index (κ2) is 8.51. The molecule has 1 aromatic carbocycles. The summed E-state index contributed by atoms with van der Waals surface area (Å²) in [5, 5.41) is 10.8. The van der Waals surface area contributed by atoms with Crippen LogP contribution in [0.2, 0.25) is 0 Å². The van der Waals surface area contributed by atoms with Crippen molar-refractivity contribution >= 4 is 27.8 Å². The van der Waals surface area contributed by atoms with Gasteiger partial charge in [0.25, 0.3) is 0 Å². The molecule has 116 valence electrons. The number of benzene rings is 1. The summed E-state index contributed by atoms with van der Waals surface area (Å²) in [4.78, 5) is 22.1. The molecular formula is C14H18BrNO5. The van der Waals surface area contributed by atoms with Crippen LogP contribution in [0.25, 0.3) is 0 Å². The van der Waals surface area contributed by atoms with Crippen LogP contribution >= 0.6 is 15.9 Å². The largest absolute Gasteiger partial charge is 0.490 e. The highest BCUT2D eigenvalue weighted by Crippen LogP contribution is 2.34. The standard InChI is InChI=1S/C14H18BrNO5/c1-3-20-11-5-9(6-13(17)16-8-14(18)19)10(15)7-12(11)21-4-2/h5,7H,3-4,6,8H2,1-2H3,(H,16,17)(H,18,19). The molecule has 1 rings (SSSR count). The summed E-state index contributed by atoms with van der Waals surface area (Å²) in [5.74, 6) is -0.293. The molecule has 0 aliphatic heterocycles. The van der Waals surface area contributed by atoms with Gasteiger partial charge in [0.05, 0.1) is 19.6 Å². The molecule has 1 amide bonds. The van der Waals surface area contributed by atoms with Gasteiger partial charge in [-0.3, -0.25) is 9.59 Å². The molecule has 0 saturated carbocycles. The van der Waals surface area contributed by atoms with E-state index in [0.717, 1.165) is 0 Å². The maximum atomic E-state index is 11.7. The number of nitrogens with one attached hydrogen (secondary N) is 1. The Labute approximate surface area is 131 Å². The third-order valence-electron chi connectivity index (χ3n) is 2.50. The Morgan fingerprint density at radius 2 is 1.76 bits per heavy atom. The number of carboxylic acid groups (broad SMARTS) is 1. The summed E-state index contributed by atoms with van der Waals surface area (Å²) < 4.78 is 11.7. The van der Waals surface area contributed by atoms with Gasteiger partial charge < -0.3 is 19.9 Å². The zero-order valence-corrected chi connectivity index (χ0v) is 13.5. The van der Waals surface area contributed by atoms with Gasteiger partial charge >= 0.3 is 5.97 Å². The van der Waals surface area contributed by atoms with E-state index in [1.54, 1.807) is 12.1 Å². The summed E-state index contributed by atoms with van der Waals surface area (Å²) in [7, 11) is 0. The quantitative estimate of drug-likeness (QED) is 0.741. The predicted octanol–water partition coefficient (Wildman–Crippen LogP) is 1.99. The third kappa shape index (κ3) is 5.63. The number of hydrogen-bond acceptors (Lipinski definition) is 4. The Hall–Kier alpha value is -1.76. The molecule has 6 nitrogen and oxygen atoms in total. The van der Waals surface area contributed by atoms with Crippen molar-refractivity contribution in [3.05, 3.63) is 22.2 Å². The number of halogens is 1. The molecule has 0 saturated heterocycles. The van der Waals surface area contributed by atoms with E-state index in [1.165, 1.54) is 0 Å². The Morgan fingerprint density at radius 1 is 1.19 bits per heavy atom. The highest BCUT2D eigenvalue weighted by atomic mass is 79.9. The van der Waals surface area contributed by atoms with Crippen LogP contribution in [0, 0.1) is 0 Å². The molecule has 0 aliphatic rings. The van der Waals surface area contributed by atoms with E-state index in [4.69, 9.17) is 14.6 Å². The molecule has 21 heavy (non-hydrogen) atoms. The summed E-state index contributed by atoms with van der Waals surface area (Å²) in [6, 6.07) is 3.47. The minimum Gasteiger partial charge on any atom is -0.490 e. The number of carbonyl (C=O) groups is 2. The van der Waals surface area contributed by atoms with E-state index in [9.17, 15) is 9.59 Å². The molecule has 0 atom stereocenters. The van der Waals surface area contributed by atoms with Gasteiger partial charge in [-0.1, -0.05) is 15.9 Å². The Balaban J connectivity index is 2.88. The van der Waals surface area contributed by atoms with Crippen molar-refractivity contribution in [1.82, 2.24) is 5.32 Å². The lowest BCUT2D eigenvalue weighted by Gasteiger charge is -2.14. The van der Waals surface area contributed by atoms with Gasteiger partial charge in [-0.2, -0.15) is 0 Å². The summed E-state index contributed by atoms with van der Waals surface area (Å²) in [6.07, 6.45) is 0.0559. The zero-order valence-electron chi connectivity index (χ0n) is 11.9. The summed E-state index contributed by atoms with van der Waals surface area (Å²) in [5.41, 5.74) is 0.699. The summed E-state index contributed by atoms with van der Waals surface area (Å²) in [6.45, 7) is 4.32. The van der Waals surface area contributed by atoms with Crippen LogP contribution in [0.15, 0.2) is 16.6 Å². The van der Waals surface area contributed by atoms with Crippen molar-refractivity contribution < 1.29 is 24.2 Å². The predicted molar refractivity (Wildman–Crippen MR) is 80.8 cm³/mol. The zero-order chi connectivity index (χ0) is 15.8. The van der Waals surface area contributed by atoms with Crippen molar-refractivity contribution in [2.24, 2.45) is 0 Å². The van der Waals surface area contributed by atoms with Crippen LogP contribution in [0.3, 0.4) is 0 Å². The highest BCUT2D eigenvalue weighted by Gasteiger charge is 2.13. The molecular weight excluding hydrogens is 342 g/mol. The first-order valence-electron chi connectivity index (χ1n) is 6.54. The molecule has 0 fully saturated rings. The van der Waals surface area contributed by atoms with E-state index in [-0.39, 0.29) is 12.3 Å². The number of ether oxygens (including phenoxy) is 2. The van der Waals surface area contributed by atoms with Gasteiger partial charge in [-0.15, -0.1) is 0 Å². The molecule has 7 heteroatoms. The first-order valence-corrected chi connectivity index (χ1v) is 7.33. The minimum absolute atomic E-state index is 0.0559. The SMILES string of the molecule is CCOc1cc(Br)c(CC(=O)NCC(=O)O)cc1OCC. The molecule has 0 bridgehead atoms. The van der Waals surface area contributed by atoms with Crippen LogP contribution in [0.1, 0.15) is 19.4 Å². The van der Waals surface area contributed by atoms with Gasteiger partial charge in [0.2, 0.25) is 5.91 Å². The van der Waals surface area contributed by atoms with Crippen LogP contribution in [0.4, 0.5) is 0 Å². The third-order valence-corrected chi connectivity index (χ3v) is 3.24. The van der Waals surface area contributed by atoms with Crippen molar-refractivity contribution in [2.75, 3.05) is 19.8 Å². The maximum Gasteiger partial charge on any atom is 0.322 e. The number of carbonyl (C=O) groups excluding carboxylic acids is 1. The second-order valence-corrected chi connectivity index (χ2v) is 4.96. The normalized spacial score (nSPS) is 10.0. The lowest BCUT2D eigenvalue weighted by atomic mass is 10.1. The first kappa shape index (κ1) is 17.3. The minimum atomic E-state index is -1.08. The van der Waals surface area contributed by atoms with Gasteiger partial charge in [-0.25, -0.2) is 0 Å². The van der Waals surface area contributed by atoms with Crippen LogP contribution in [-0.2, 0) is 16.0 Å². The molecule has 0 radical (unpaired) electrons. The first-order chi connectivity index (χ1) is 9.97. The Kier molecular flexibility index (Phi) is 7.01. The van der Waals surface area contributed by atoms with Crippen molar-refractivity contribution in [2.45, 2.75) is 20.3 Å². The van der Waals surface area contributed by atoms with Crippen LogP contribution < -0.4 is 14.8 Å². The monoisotopic (exact) mass is 359 g/mol. The lowest BCUT2D eigenvalue weighted by Crippen LogP contribution is -2.30. The molecule has 0 aliphatic carbocycles.